The summed E-state index contributed by atoms with van der Waals surface area (Å²) in [5.41, 5.74) is 0.280. The molecule has 39 heavy (non-hydrogen) atoms. The number of aliphatic hydroxyl groups excluding tert-OH is 1. The molecule has 2 saturated carbocycles. The Bertz CT molecular complexity index is 1300. The van der Waals surface area contributed by atoms with Crippen LogP contribution in [-0.4, -0.2) is 50.1 Å². The highest BCUT2D eigenvalue weighted by molar-refractivity contribution is 6.43. The second kappa shape index (κ2) is 10.8. The molecule has 4 N–H and O–H groups in total. The number of nitrogens with zero attached hydrogens (tertiary/aromatic N) is 1. The van der Waals surface area contributed by atoms with Crippen LogP contribution in [-0.2, 0) is 11.3 Å². The summed E-state index contributed by atoms with van der Waals surface area (Å²) < 4.78 is 15.2. The number of hydrogen-bond donors (Lipinski definition) is 4. The average molecular weight is 542 g/mol. The Hall–Kier alpha value is -3.04. The molecule has 0 radical (unpaired) electrons. The van der Waals surface area contributed by atoms with Gasteiger partial charge >= 0.3 is 0 Å². The van der Waals surface area contributed by atoms with Gasteiger partial charge in [0.05, 0.1) is 23.5 Å². The standard InChI is InChI=1S/C30H40FN3O5/c1-6-30(39)15-21-11-17(2)13-29(14-21,16-30)33-28(38)26(36)25-19(4)24(20(5)34(25)9-10-35)27(37)32-22-7-8-23(31)18(3)12-22/h7-8,12,17,21,35,39H,6,9-11,13-16H2,1-5H3,(H,32,37)(H,33,38). The molecule has 2 aliphatic carbocycles. The first-order chi connectivity index (χ1) is 18.3. The van der Waals surface area contributed by atoms with Crippen molar-refractivity contribution in [3.63, 3.8) is 0 Å². The molecule has 4 atom stereocenters. The molecule has 8 nitrogen and oxygen atoms in total. The quantitative estimate of drug-likeness (QED) is 0.295. The van der Waals surface area contributed by atoms with E-state index in [0.717, 1.165) is 12.8 Å². The minimum atomic E-state index is -0.882. The summed E-state index contributed by atoms with van der Waals surface area (Å²) in [6.07, 6.45) is 4.06. The highest BCUT2D eigenvalue weighted by atomic mass is 19.1. The molecule has 212 valence electrons. The fraction of sp³-hybridized carbons (Fsp3) is 0.567. The van der Waals surface area contributed by atoms with Crippen molar-refractivity contribution in [3.05, 3.63) is 52.1 Å². The number of Topliss-reactive ketones (excluding diaryl/α,β-unsaturated/α-hetero) is 1. The summed E-state index contributed by atoms with van der Waals surface area (Å²) in [6, 6.07) is 4.23. The van der Waals surface area contributed by atoms with Crippen LogP contribution in [0, 0.1) is 38.4 Å². The molecule has 2 bridgehead atoms. The number of carbonyl (C=O) groups excluding carboxylic acids is 3. The van der Waals surface area contributed by atoms with Crippen LogP contribution >= 0.6 is 0 Å². The van der Waals surface area contributed by atoms with Gasteiger partial charge in [-0.25, -0.2) is 4.39 Å². The summed E-state index contributed by atoms with van der Waals surface area (Å²) in [5, 5.41) is 26.7. The second-order valence-electron chi connectivity index (χ2n) is 11.9. The highest BCUT2D eigenvalue weighted by Crippen LogP contribution is 2.50. The molecule has 4 unspecified atom stereocenters. The SMILES string of the molecule is CCC1(O)CC2CC(C)CC(NC(=O)C(=O)c3c(C)c(C(=O)Nc4ccc(F)c(C)c4)c(C)n3CCO)(C2)C1. The van der Waals surface area contributed by atoms with Crippen LogP contribution in [0.25, 0.3) is 0 Å². The molecular weight excluding hydrogens is 501 g/mol. The lowest BCUT2D eigenvalue weighted by Gasteiger charge is -2.53. The zero-order valence-corrected chi connectivity index (χ0v) is 23.5. The number of aliphatic hydroxyl groups is 2. The zero-order valence-electron chi connectivity index (χ0n) is 23.5. The Kier molecular flexibility index (Phi) is 8.06. The molecule has 1 aromatic carbocycles. The number of halogens is 1. The predicted molar refractivity (Wildman–Crippen MR) is 146 cm³/mol. The van der Waals surface area contributed by atoms with E-state index in [1.165, 1.54) is 22.8 Å². The van der Waals surface area contributed by atoms with Crippen LogP contribution in [0.1, 0.15) is 90.0 Å². The van der Waals surface area contributed by atoms with E-state index in [2.05, 4.69) is 17.6 Å². The summed E-state index contributed by atoms with van der Waals surface area (Å²) in [7, 11) is 0. The van der Waals surface area contributed by atoms with E-state index >= 15 is 0 Å². The number of nitrogens with one attached hydrogen (secondary N) is 2. The number of anilines is 1. The van der Waals surface area contributed by atoms with Crippen molar-refractivity contribution in [3.8, 4) is 0 Å². The molecular formula is C30H40FN3O5. The van der Waals surface area contributed by atoms with Crippen molar-refractivity contribution in [2.45, 2.75) is 90.8 Å². The smallest absolute Gasteiger partial charge is 0.294 e. The number of ketones is 1. The number of benzene rings is 1. The van der Waals surface area contributed by atoms with Gasteiger partial charge in [0.25, 0.3) is 17.6 Å². The van der Waals surface area contributed by atoms with Gasteiger partial charge in [-0.1, -0.05) is 13.8 Å². The minimum Gasteiger partial charge on any atom is -0.395 e. The number of hydrogen-bond acceptors (Lipinski definition) is 5. The summed E-state index contributed by atoms with van der Waals surface area (Å²) in [6.45, 7) is 8.69. The Balaban J connectivity index is 1.64. The Morgan fingerprint density at radius 2 is 1.87 bits per heavy atom. The van der Waals surface area contributed by atoms with Gasteiger partial charge in [0.1, 0.15) is 5.82 Å². The molecule has 2 amide bonds. The maximum absolute atomic E-state index is 13.7. The van der Waals surface area contributed by atoms with E-state index in [1.807, 2.05) is 6.92 Å². The van der Waals surface area contributed by atoms with Gasteiger partial charge < -0.3 is 25.4 Å². The van der Waals surface area contributed by atoms with Crippen molar-refractivity contribution in [2.75, 3.05) is 11.9 Å². The third-order valence-corrected chi connectivity index (χ3v) is 8.68. The van der Waals surface area contributed by atoms with Crippen molar-refractivity contribution in [1.82, 2.24) is 9.88 Å². The normalized spacial score (nSPS) is 26.3. The first-order valence-corrected chi connectivity index (χ1v) is 13.8. The number of fused-ring (bicyclic) bond motifs is 2. The van der Waals surface area contributed by atoms with Gasteiger partial charge in [0.15, 0.2) is 0 Å². The van der Waals surface area contributed by atoms with E-state index in [9.17, 15) is 29.0 Å². The van der Waals surface area contributed by atoms with Gasteiger partial charge in [0.2, 0.25) is 0 Å². The Morgan fingerprint density at radius 1 is 1.15 bits per heavy atom. The van der Waals surface area contributed by atoms with Gasteiger partial charge in [-0.2, -0.15) is 0 Å². The zero-order chi connectivity index (χ0) is 28.7. The van der Waals surface area contributed by atoms with E-state index in [1.54, 1.807) is 20.8 Å². The lowest BCUT2D eigenvalue weighted by Crippen LogP contribution is -2.61. The monoisotopic (exact) mass is 541 g/mol. The van der Waals surface area contributed by atoms with Crippen molar-refractivity contribution >= 4 is 23.3 Å². The molecule has 1 heterocycles. The van der Waals surface area contributed by atoms with Crippen LogP contribution in [0.4, 0.5) is 10.1 Å². The molecule has 0 saturated heterocycles. The average Bonchev–Trinajstić information content (AvgIpc) is 3.09. The maximum atomic E-state index is 13.7. The highest BCUT2D eigenvalue weighted by Gasteiger charge is 2.51. The van der Waals surface area contributed by atoms with Crippen molar-refractivity contribution < 1.29 is 29.0 Å². The van der Waals surface area contributed by atoms with E-state index < -0.39 is 28.7 Å². The summed E-state index contributed by atoms with van der Waals surface area (Å²) in [4.78, 5) is 40.5. The number of rotatable bonds is 8. The van der Waals surface area contributed by atoms with Gasteiger partial charge in [-0.15, -0.1) is 0 Å². The third kappa shape index (κ3) is 5.65. The topological polar surface area (TPSA) is 121 Å². The molecule has 2 aliphatic rings. The number of carbonyl (C=O) groups is 3. The predicted octanol–water partition coefficient (Wildman–Crippen LogP) is 4.21. The van der Waals surface area contributed by atoms with Crippen LogP contribution in [0.3, 0.4) is 0 Å². The van der Waals surface area contributed by atoms with Crippen LogP contribution in [0.5, 0.6) is 0 Å². The number of aromatic nitrogens is 1. The second-order valence-corrected chi connectivity index (χ2v) is 11.9. The van der Waals surface area contributed by atoms with Gasteiger partial charge in [0, 0.05) is 23.5 Å². The van der Waals surface area contributed by atoms with E-state index in [0.29, 0.717) is 54.1 Å². The minimum absolute atomic E-state index is 0.0315. The molecule has 0 aliphatic heterocycles. The van der Waals surface area contributed by atoms with Crippen LogP contribution in [0.15, 0.2) is 18.2 Å². The first-order valence-electron chi connectivity index (χ1n) is 13.8. The molecule has 9 heteroatoms. The van der Waals surface area contributed by atoms with E-state index in [-0.39, 0.29) is 36.1 Å². The van der Waals surface area contributed by atoms with Gasteiger partial charge in [-0.3, -0.25) is 14.4 Å². The molecule has 1 aromatic heterocycles. The van der Waals surface area contributed by atoms with Crippen LogP contribution < -0.4 is 10.6 Å². The molecule has 4 rings (SSSR count). The molecule has 0 spiro atoms. The van der Waals surface area contributed by atoms with Crippen LogP contribution in [0.2, 0.25) is 0 Å². The summed E-state index contributed by atoms with van der Waals surface area (Å²) >= 11 is 0. The van der Waals surface area contributed by atoms with Crippen molar-refractivity contribution in [1.29, 1.82) is 0 Å². The fourth-order valence-electron chi connectivity index (χ4n) is 7.22. The summed E-state index contributed by atoms with van der Waals surface area (Å²) in [5.74, 6) is -1.81. The Morgan fingerprint density at radius 3 is 2.51 bits per heavy atom. The third-order valence-electron chi connectivity index (χ3n) is 8.68. The number of aryl methyl sites for hydroxylation is 1. The molecule has 2 fully saturated rings. The maximum Gasteiger partial charge on any atom is 0.294 e. The van der Waals surface area contributed by atoms with E-state index in [4.69, 9.17) is 0 Å². The largest absolute Gasteiger partial charge is 0.395 e. The lowest BCUT2D eigenvalue weighted by atomic mass is 9.58. The lowest BCUT2D eigenvalue weighted by molar-refractivity contribution is -0.125. The Labute approximate surface area is 229 Å². The fourth-order valence-corrected chi connectivity index (χ4v) is 7.22. The first kappa shape index (κ1) is 29.0. The number of amides is 2. The molecule has 2 aromatic rings. The van der Waals surface area contributed by atoms with Crippen molar-refractivity contribution in [2.24, 2.45) is 11.8 Å². The van der Waals surface area contributed by atoms with Gasteiger partial charge in [-0.05, 0) is 100 Å².